The topological polar surface area (TPSA) is 130 Å². The van der Waals surface area contributed by atoms with Crippen molar-refractivity contribution in [3.8, 4) is 0 Å². The number of amides is 2. The highest BCUT2D eigenvalue weighted by Crippen LogP contribution is 2.22. The molecule has 0 saturated carbocycles. The van der Waals surface area contributed by atoms with E-state index >= 15 is 0 Å². The molecule has 206 valence electrons. The van der Waals surface area contributed by atoms with E-state index in [1.165, 1.54) is 0 Å². The number of hydrogen-bond acceptors (Lipinski definition) is 7. The molecule has 2 rings (SSSR count). The Kier molecular flexibility index (Phi) is 13.3. The summed E-state index contributed by atoms with van der Waals surface area (Å²) in [7, 11) is 0. The zero-order valence-corrected chi connectivity index (χ0v) is 22.5. The third-order valence-electron chi connectivity index (χ3n) is 5.61. The highest BCUT2D eigenvalue weighted by Gasteiger charge is 2.33. The van der Waals surface area contributed by atoms with E-state index in [-0.39, 0.29) is 11.8 Å². The maximum Gasteiger partial charge on any atom is 0.273 e. The lowest BCUT2D eigenvalue weighted by Gasteiger charge is -2.30. The highest BCUT2D eigenvalue weighted by molar-refractivity contribution is 6.06. The van der Waals surface area contributed by atoms with Gasteiger partial charge in [-0.25, -0.2) is 0 Å². The van der Waals surface area contributed by atoms with Crippen LogP contribution in [0.1, 0.15) is 44.1 Å². The summed E-state index contributed by atoms with van der Waals surface area (Å²) in [6, 6.07) is 6.88. The van der Waals surface area contributed by atoms with Crippen LogP contribution in [0.5, 0.6) is 0 Å². The number of nitrogens with one attached hydrogen (secondary N) is 2. The van der Waals surface area contributed by atoms with Crippen molar-refractivity contribution in [2.75, 3.05) is 52.7 Å². The highest BCUT2D eigenvalue weighted by atomic mass is 16.5. The van der Waals surface area contributed by atoms with E-state index in [2.05, 4.69) is 22.3 Å². The zero-order chi connectivity index (χ0) is 27.1. The molecule has 0 aliphatic carbocycles. The summed E-state index contributed by atoms with van der Waals surface area (Å²) in [4.78, 5) is 26.3. The maximum atomic E-state index is 13.3. The van der Waals surface area contributed by atoms with Crippen molar-refractivity contribution in [3.63, 3.8) is 0 Å². The Labute approximate surface area is 219 Å². The largest absolute Gasteiger partial charge is 0.378 e. The van der Waals surface area contributed by atoms with Gasteiger partial charge >= 0.3 is 0 Å². The Hall–Kier alpha value is -2.79. The molecule has 1 unspecified atom stereocenters. The Morgan fingerprint density at radius 3 is 2.38 bits per heavy atom. The Morgan fingerprint density at radius 1 is 1.08 bits per heavy atom. The van der Waals surface area contributed by atoms with Gasteiger partial charge in [0.25, 0.3) is 5.91 Å². The van der Waals surface area contributed by atoms with Gasteiger partial charge in [0.05, 0.1) is 45.2 Å². The Bertz CT molecular complexity index is 985. The molecular formula is C27H43N5O5. The number of carbonyl (C=O) groups is 2. The van der Waals surface area contributed by atoms with Gasteiger partial charge in [0.1, 0.15) is 6.04 Å². The minimum absolute atomic E-state index is 0.271. The van der Waals surface area contributed by atoms with E-state index in [9.17, 15) is 9.59 Å². The number of nitrogens with zero attached hydrogens (tertiary/aromatic N) is 2. The van der Waals surface area contributed by atoms with Crippen LogP contribution in [0.2, 0.25) is 0 Å². The van der Waals surface area contributed by atoms with E-state index in [0.29, 0.717) is 65.0 Å². The van der Waals surface area contributed by atoms with Crippen LogP contribution in [-0.4, -0.2) is 80.4 Å². The summed E-state index contributed by atoms with van der Waals surface area (Å²) >= 11 is 0. The van der Waals surface area contributed by atoms with E-state index in [4.69, 9.17) is 19.9 Å². The van der Waals surface area contributed by atoms with Crippen LogP contribution in [0.15, 0.2) is 36.9 Å². The number of benzene rings is 1. The first-order valence-electron chi connectivity index (χ1n) is 12.9. The number of para-hydroxylation sites is 1. The van der Waals surface area contributed by atoms with Gasteiger partial charge in [0, 0.05) is 25.0 Å². The number of allylic oxidation sites excluding steroid dienone is 1. The van der Waals surface area contributed by atoms with Gasteiger partial charge in [-0.05, 0) is 24.3 Å². The van der Waals surface area contributed by atoms with Crippen molar-refractivity contribution in [3.05, 3.63) is 42.6 Å². The zero-order valence-electron chi connectivity index (χ0n) is 22.5. The summed E-state index contributed by atoms with van der Waals surface area (Å²) in [5, 5.41) is 11.1. The van der Waals surface area contributed by atoms with Gasteiger partial charge in [-0.3, -0.25) is 14.3 Å². The molecule has 10 heteroatoms. The van der Waals surface area contributed by atoms with Gasteiger partial charge in [0.2, 0.25) is 5.91 Å². The number of nitrogens with two attached hydrogens (primary N) is 1. The Balaban J connectivity index is 1.88. The second-order valence-corrected chi connectivity index (χ2v) is 9.71. The molecule has 0 radical (unpaired) electrons. The molecule has 1 heterocycles. The average Bonchev–Trinajstić information content (AvgIpc) is 3.24. The second-order valence-electron chi connectivity index (χ2n) is 9.71. The number of hydrogen-bond donors (Lipinski definition) is 3. The van der Waals surface area contributed by atoms with Crippen molar-refractivity contribution in [1.29, 1.82) is 0 Å². The number of unbranched alkanes of at least 4 members (excludes halogenated alkanes) is 1. The normalized spacial score (nSPS) is 12.4. The predicted octanol–water partition coefficient (Wildman–Crippen LogP) is 2.27. The first kappa shape index (κ1) is 30.4. The number of fused-ring (bicyclic) bond motifs is 1. The fraction of sp³-hybridized carbons (Fsp3) is 0.593. The summed E-state index contributed by atoms with van der Waals surface area (Å²) in [5.41, 5.74) is 6.04. The molecule has 2 amide bonds. The third kappa shape index (κ3) is 10.2. The van der Waals surface area contributed by atoms with Crippen molar-refractivity contribution in [2.24, 2.45) is 11.1 Å². The molecule has 0 fully saturated rings. The number of carbonyl (C=O) groups excluding carboxylic acids is 2. The predicted molar refractivity (Wildman–Crippen MR) is 144 cm³/mol. The van der Waals surface area contributed by atoms with Crippen LogP contribution in [-0.2, 0) is 25.5 Å². The van der Waals surface area contributed by atoms with Crippen LogP contribution in [0.4, 0.5) is 0 Å². The minimum atomic E-state index is -0.749. The molecule has 37 heavy (non-hydrogen) atoms. The fourth-order valence-corrected chi connectivity index (χ4v) is 3.70. The van der Waals surface area contributed by atoms with Gasteiger partial charge in [0.15, 0.2) is 5.69 Å². The molecule has 1 atom stereocenters. The molecular weight excluding hydrogens is 474 g/mol. The van der Waals surface area contributed by atoms with Gasteiger partial charge in [-0.2, -0.15) is 5.10 Å². The SMILES string of the molecule is C=CCCCn1nc(C(=O)NC(C(=O)NCCOCCOCCOCCN)C(C)(C)C)c2ccccc21. The van der Waals surface area contributed by atoms with Crippen molar-refractivity contribution < 1.29 is 23.8 Å². The minimum Gasteiger partial charge on any atom is -0.378 e. The number of ether oxygens (including phenoxy) is 3. The summed E-state index contributed by atoms with van der Waals surface area (Å²) in [6.45, 7) is 13.7. The third-order valence-corrected chi connectivity index (χ3v) is 5.61. The van der Waals surface area contributed by atoms with Crippen LogP contribution in [0.25, 0.3) is 10.9 Å². The second kappa shape index (κ2) is 16.1. The van der Waals surface area contributed by atoms with E-state index < -0.39 is 11.5 Å². The number of rotatable bonds is 18. The van der Waals surface area contributed by atoms with E-state index in [1.807, 2.05) is 55.8 Å². The number of aromatic nitrogens is 2. The van der Waals surface area contributed by atoms with E-state index in [0.717, 1.165) is 23.7 Å². The smallest absolute Gasteiger partial charge is 0.273 e. The van der Waals surface area contributed by atoms with Gasteiger partial charge < -0.3 is 30.6 Å². The average molecular weight is 518 g/mol. The monoisotopic (exact) mass is 517 g/mol. The first-order valence-corrected chi connectivity index (χ1v) is 12.9. The van der Waals surface area contributed by atoms with Crippen LogP contribution >= 0.6 is 0 Å². The molecule has 0 saturated heterocycles. The lowest BCUT2D eigenvalue weighted by Crippen LogP contribution is -2.54. The molecule has 0 aliphatic heterocycles. The summed E-state index contributed by atoms with van der Waals surface area (Å²) in [6.07, 6.45) is 3.61. The van der Waals surface area contributed by atoms with Crippen molar-refractivity contribution in [2.45, 2.75) is 46.2 Å². The van der Waals surface area contributed by atoms with Crippen LogP contribution in [0.3, 0.4) is 0 Å². The molecule has 1 aromatic carbocycles. The maximum absolute atomic E-state index is 13.3. The number of aryl methyl sites for hydroxylation is 1. The molecule has 0 bridgehead atoms. The Morgan fingerprint density at radius 2 is 1.73 bits per heavy atom. The van der Waals surface area contributed by atoms with Crippen molar-refractivity contribution >= 4 is 22.7 Å². The molecule has 0 aliphatic rings. The molecule has 0 spiro atoms. The lowest BCUT2D eigenvalue weighted by atomic mass is 9.86. The van der Waals surface area contributed by atoms with Crippen LogP contribution < -0.4 is 16.4 Å². The standard InChI is InChI=1S/C27H43N5O5/c1-5-6-9-14-32-22-11-8-7-10-21(22)23(31-32)25(33)30-24(27(2,3)4)26(34)29-13-16-36-18-20-37-19-17-35-15-12-28/h5,7-8,10-11,24H,1,6,9,12-20,28H2,2-4H3,(H,29,34)(H,30,33). The molecule has 10 nitrogen and oxygen atoms in total. The van der Waals surface area contributed by atoms with Gasteiger partial charge in [-0.1, -0.05) is 45.0 Å². The molecule has 1 aromatic heterocycles. The van der Waals surface area contributed by atoms with Crippen LogP contribution in [0, 0.1) is 5.41 Å². The quantitative estimate of drug-likeness (QED) is 0.204. The van der Waals surface area contributed by atoms with E-state index in [1.54, 1.807) is 0 Å². The van der Waals surface area contributed by atoms with Gasteiger partial charge in [-0.15, -0.1) is 6.58 Å². The fourth-order valence-electron chi connectivity index (χ4n) is 3.70. The summed E-state index contributed by atoms with van der Waals surface area (Å²) in [5.74, 6) is -0.648. The summed E-state index contributed by atoms with van der Waals surface area (Å²) < 4.78 is 18.0. The van der Waals surface area contributed by atoms with Crippen molar-refractivity contribution in [1.82, 2.24) is 20.4 Å². The first-order chi connectivity index (χ1) is 17.8. The molecule has 4 N–H and O–H groups in total. The lowest BCUT2D eigenvalue weighted by molar-refractivity contribution is -0.125. The molecule has 2 aromatic rings.